The molecule has 0 bridgehead atoms. The Hall–Kier alpha value is -3.96. The average Bonchev–Trinajstić information content (AvgIpc) is 2.92. The molecule has 1 atom stereocenters. The predicted molar refractivity (Wildman–Crippen MR) is 140 cm³/mol. The summed E-state index contributed by atoms with van der Waals surface area (Å²) in [7, 11) is 1.51. The number of benzene rings is 2. The number of anilines is 1. The number of nitrogens with zero attached hydrogens (tertiary/aromatic N) is 1. The van der Waals surface area contributed by atoms with Crippen molar-refractivity contribution in [1.29, 1.82) is 0 Å². The fourth-order valence-electron chi connectivity index (χ4n) is 4.53. The first-order valence-electron chi connectivity index (χ1n) is 12.6. The van der Waals surface area contributed by atoms with Crippen molar-refractivity contribution in [3.8, 4) is 11.5 Å². The Balaban J connectivity index is 1.45. The van der Waals surface area contributed by atoms with Crippen LogP contribution < -0.4 is 26.4 Å². The van der Waals surface area contributed by atoms with Crippen molar-refractivity contribution >= 4 is 17.5 Å². The zero-order valence-electron chi connectivity index (χ0n) is 21.4. The van der Waals surface area contributed by atoms with E-state index < -0.39 is 17.7 Å². The lowest BCUT2D eigenvalue weighted by molar-refractivity contribution is -0.138. The lowest BCUT2D eigenvalue weighted by Crippen LogP contribution is -2.28. The van der Waals surface area contributed by atoms with Crippen LogP contribution in [0.4, 0.5) is 18.9 Å². The molecule has 0 spiro atoms. The molecular weight excluding hydrogens is 511 g/mol. The van der Waals surface area contributed by atoms with Gasteiger partial charge in [0.15, 0.2) is 0 Å². The molecule has 206 valence electrons. The summed E-state index contributed by atoms with van der Waals surface area (Å²) in [5.41, 5.74) is 7.03. The molecule has 1 unspecified atom stereocenters. The highest BCUT2D eigenvalue weighted by atomic mass is 19.4. The summed E-state index contributed by atoms with van der Waals surface area (Å²) in [6.45, 7) is 0.734. The molecule has 0 saturated heterocycles. The number of pyridine rings is 1. The second kappa shape index (κ2) is 12.3. The molecule has 3 aromatic rings. The first-order chi connectivity index (χ1) is 18.7. The molecule has 5 N–H and O–H groups in total. The lowest BCUT2D eigenvalue weighted by Gasteiger charge is -2.25. The third-order valence-corrected chi connectivity index (χ3v) is 6.52. The number of rotatable bonds is 9. The summed E-state index contributed by atoms with van der Waals surface area (Å²) >= 11 is 0. The molecule has 2 amide bonds. The molecule has 0 saturated carbocycles. The van der Waals surface area contributed by atoms with Crippen molar-refractivity contribution in [2.45, 2.75) is 32.0 Å². The molecule has 1 heterocycles. The number of carbonyl (C=O) groups is 2. The number of halogens is 3. The van der Waals surface area contributed by atoms with Crippen LogP contribution in [0.3, 0.4) is 0 Å². The van der Waals surface area contributed by atoms with E-state index in [1.54, 1.807) is 6.07 Å². The predicted octanol–water partition coefficient (Wildman–Crippen LogP) is 4.04. The zero-order chi connectivity index (χ0) is 28.0. The van der Waals surface area contributed by atoms with Crippen LogP contribution in [0.1, 0.15) is 39.2 Å². The Morgan fingerprint density at radius 1 is 1.08 bits per heavy atom. The molecule has 4 rings (SSSR count). The second-order valence-corrected chi connectivity index (χ2v) is 9.25. The highest BCUT2D eigenvalue weighted by Gasteiger charge is 2.34. The molecule has 0 fully saturated rings. The van der Waals surface area contributed by atoms with Gasteiger partial charge in [0.05, 0.1) is 5.56 Å². The fourth-order valence-corrected chi connectivity index (χ4v) is 4.53. The molecule has 1 aliphatic carbocycles. The summed E-state index contributed by atoms with van der Waals surface area (Å²) in [5, 5.41) is 8.05. The van der Waals surface area contributed by atoms with Crippen molar-refractivity contribution in [3.05, 3.63) is 82.7 Å². The quantitative estimate of drug-likeness (QED) is 0.304. The van der Waals surface area contributed by atoms with Gasteiger partial charge in [-0.25, -0.2) is 0 Å². The first-order valence-corrected chi connectivity index (χ1v) is 12.6. The van der Waals surface area contributed by atoms with Crippen LogP contribution in [0, 0.1) is 5.92 Å². The van der Waals surface area contributed by atoms with E-state index in [-0.39, 0.29) is 35.3 Å². The van der Waals surface area contributed by atoms with Gasteiger partial charge in [-0.05, 0) is 66.3 Å². The molecular formula is C28H30F3N5O3. The third-order valence-electron chi connectivity index (χ3n) is 6.52. The standard InChI is InChI=1S/C28H30F3N5O3/c1-33-27(38)25-15-23(8-10-35-25)39-22-7-5-17-2-3-18(12-20(17)13-22)26(37)36-21-6-4-19(16-34-11-9-32)24(14-21)28(29,30)31/h4-8,10,13-15,18,34H,2-3,9,11-12,16,32H2,1H3,(H,33,38)(H,36,37). The van der Waals surface area contributed by atoms with Crippen LogP contribution in [0.5, 0.6) is 11.5 Å². The van der Waals surface area contributed by atoms with Crippen LogP contribution in [-0.2, 0) is 30.4 Å². The van der Waals surface area contributed by atoms with E-state index in [2.05, 4.69) is 20.9 Å². The van der Waals surface area contributed by atoms with Gasteiger partial charge < -0.3 is 26.4 Å². The van der Waals surface area contributed by atoms with Gasteiger partial charge in [0.25, 0.3) is 5.91 Å². The normalized spacial score (nSPS) is 14.8. The number of nitrogens with one attached hydrogen (secondary N) is 3. The monoisotopic (exact) mass is 541 g/mol. The molecule has 0 aliphatic heterocycles. The van der Waals surface area contributed by atoms with Crippen molar-refractivity contribution in [1.82, 2.24) is 15.6 Å². The second-order valence-electron chi connectivity index (χ2n) is 9.25. The Morgan fingerprint density at radius 3 is 2.62 bits per heavy atom. The van der Waals surface area contributed by atoms with E-state index in [0.29, 0.717) is 43.9 Å². The summed E-state index contributed by atoms with van der Waals surface area (Å²) in [6, 6.07) is 12.6. The lowest BCUT2D eigenvalue weighted by atomic mass is 9.83. The van der Waals surface area contributed by atoms with Crippen molar-refractivity contribution in [3.63, 3.8) is 0 Å². The molecule has 1 aliphatic rings. The fraction of sp³-hybridized carbons (Fsp3) is 0.321. The van der Waals surface area contributed by atoms with Gasteiger partial charge in [-0.1, -0.05) is 12.1 Å². The molecule has 2 aromatic carbocycles. The number of ether oxygens (including phenoxy) is 1. The van der Waals surface area contributed by atoms with E-state index >= 15 is 0 Å². The highest BCUT2D eigenvalue weighted by Crippen LogP contribution is 2.35. The highest BCUT2D eigenvalue weighted by molar-refractivity contribution is 5.93. The maximum Gasteiger partial charge on any atom is 0.416 e. The molecule has 0 radical (unpaired) electrons. The van der Waals surface area contributed by atoms with E-state index in [9.17, 15) is 22.8 Å². The topological polar surface area (TPSA) is 118 Å². The maximum atomic E-state index is 13.7. The Bertz CT molecular complexity index is 1350. The van der Waals surface area contributed by atoms with Crippen molar-refractivity contribution in [2.75, 3.05) is 25.5 Å². The van der Waals surface area contributed by atoms with Gasteiger partial charge in [-0.15, -0.1) is 0 Å². The number of aryl methyl sites for hydroxylation is 1. The van der Waals surface area contributed by atoms with E-state index in [1.807, 2.05) is 18.2 Å². The molecule has 11 heteroatoms. The van der Waals surface area contributed by atoms with Crippen LogP contribution in [0.25, 0.3) is 0 Å². The number of hydrogen-bond donors (Lipinski definition) is 4. The van der Waals surface area contributed by atoms with Crippen LogP contribution in [0.2, 0.25) is 0 Å². The number of hydrogen-bond acceptors (Lipinski definition) is 6. The first kappa shape index (κ1) is 28.1. The largest absolute Gasteiger partial charge is 0.457 e. The summed E-state index contributed by atoms with van der Waals surface area (Å²) in [6.07, 6.45) is -1.43. The van der Waals surface area contributed by atoms with E-state index in [0.717, 1.165) is 17.2 Å². The smallest absolute Gasteiger partial charge is 0.416 e. The van der Waals surface area contributed by atoms with Gasteiger partial charge in [0, 0.05) is 50.6 Å². The van der Waals surface area contributed by atoms with E-state index in [1.165, 1.54) is 31.4 Å². The summed E-state index contributed by atoms with van der Waals surface area (Å²) in [4.78, 5) is 28.9. The van der Waals surface area contributed by atoms with Crippen molar-refractivity contribution < 1.29 is 27.5 Å². The molecule has 1 aromatic heterocycles. The summed E-state index contributed by atoms with van der Waals surface area (Å²) in [5.74, 6) is -0.0967. The number of nitrogens with two attached hydrogens (primary N) is 1. The van der Waals surface area contributed by atoms with Gasteiger partial charge in [0.1, 0.15) is 17.2 Å². The minimum atomic E-state index is -4.56. The molecule has 39 heavy (non-hydrogen) atoms. The zero-order valence-corrected chi connectivity index (χ0v) is 21.4. The van der Waals surface area contributed by atoms with E-state index in [4.69, 9.17) is 10.5 Å². The number of alkyl halides is 3. The maximum absolute atomic E-state index is 13.7. The van der Waals surface area contributed by atoms with Crippen LogP contribution in [-0.4, -0.2) is 36.9 Å². The van der Waals surface area contributed by atoms with Crippen molar-refractivity contribution in [2.24, 2.45) is 11.7 Å². The van der Waals surface area contributed by atoms with Crippen LogP contribution in [0.15, 0.2) is 54.7 Å². The van der Waals surface area contributed by atoms with Gasteiger partial charge >= 0.3 is 6.18 Å². The van der Waals surface area contributed by atoms with Gasteiger partial charge in [-0.2, -0.15) is 13.2 Å². The minimum Gasteiger partial charge on any atom is -0.457 e. The number of carbonyl (C=O) groups excluding carboxylic acids is 2. The van der Waals surface area contributed by atoms with Gasteiger partial charge in [0.2, 0.25) is 5.91 Å². The number of amides is 2. The molecule has 8 nitrogen and oxygen atoms in total. The number of aromatic nitrogens is 1. The average molecular weight is 542 g/mol. The Kier molecular flexibility index (Phi) is 8.82. The third kappa shape index (κ3) is 7.12. The number of fused-ring (bicyclic) bond motifs is 1. The van der Waals surface area contributed by atoms with Gasteiger partial charge in [-0.3, -0.25) is 14.6 Å². The Labute approximate surface area is 224 Å². The SMILES string of the molecule is CNC(=O)c1cc(Oc2ccc3c(c2)CC(C(=O)Nc2ccc(CNCCN)c(C(F)(F)F)c2)CC3)ccn1. The Morgan fingerprint density at radius 2 is 1.87 bits per heavy atom. The summed E-state index contributed by atoms with van der Waals surface area (Å²) < 4.78 is 46.9. The van der Waals surface area contributed by atoms with Crippen LogP contribution >= 0.6 is 0 Å². The minimum absolute atomic E-state index is 0.0245.